The van der Waals surface area contributed by atoms with E-state index in [4.69, 9.17) is 9.47 Å². The van der Waals surface area contributed by atoms with E-state index in [2.05, 4.69) is 35.7 Å². The molecule has 2 aliphatic heterocycles. The molecule has 1 aromatic carbocycles. The van der Waals surface area contributed by atoms with Gasteiger partial charge in [0.1, 0.15) is 0 Å². The van der Waals surface area contributed by atoms with Crippen molar-refractivity contribution >= 4 is 0 Å². The summed E-state index contributed by atoms with van der Waals surface area (Å²) in [5.41, 5.74) is 2.14. The highest BCUT2D eigenvalue weighted by atomic mass is 16.7. The van der Waals surface area contributed by atoms with Crippen LogP contribution in [0.15, 0.2) is 42.5 Å². The first-order chi connectivity index (χ1) is 11.2. The van der Waals surface area contributed by atoms with Crippen LogP contribution in [0.25, 0.3) is 0 Å². The quantitative estimate of drug-likeness (QED) is 0.869. The summed E-state index contributed by atoms with van der Waals surface area (Å²) in [7, 11) is 0. The summed E-state index contributed by atoms with van der Waals surface area (Å²) >= 11 is 0. The van der Waals surface area contributed by atoms with Crippen LogP contribution in [-0.4, -0.2) is 48.2 Å². The molecule has 0 unspecified atom stereocenters. The fraction of sp³-hybridized carbons (Fsp3) is 0.579. The van der Waals surface area contributed by atoms with Crippen molar-refractivity contribution in [3.63, 3.8) is 0 Å². The summed E-state index contributed by atoms with van der Waals surface area (Å²) in [5, 5.41) is 10.3. The van der Waals surface area contributed by atoms with Gasteiger partial charge in [-0.25, -0.2) is 0 Å². The number of ether oxygens (including phenoxy) is 2. The fourth-order valence-corrected chi connectivity index (χ4v) is 4.73. The zero-order valence-electron chi connectivity index (χ0n) is 13.5. The van der Waals surface area contributed by atoms with Crippen molar-refractivity contribution in [2.75, 3.05) is 26.4 Å². The van der Waals surface area contributed by atoms with Gasteiger partial charge in [-0.05, 0) is 12.0 Å². The number of aliphatic hydroxyl groups excluding tert-OH is 1. The van der Waals surface area contributed by atoms with Crippen LogP contribution in [0.5, 0.6) is 0 Å². The molecule has 4 heteroatoms. The van der Waals surface area contributed by atoms with Crippen molar-refractivity contribution in [1.29, 1.82) is 0 Å². The van der Waals surface area contributed by atoms with Crippen LogP contribution in [0, 0.1) is 5.41 Å². The summed E-state index contributed by atoms with van der Waals surface area (Å²) in [6.45, 7) is 7.50. The molecule has 1 aromatic rings. The van der Waals surface area contributed by atoms with E-state index in [1.165, 1.54) is 5.56 Å². The van der Waals surface area contributed by atoms with E-state index in [1.807, 2.05) is 6.07 Å². The van der Waals surface area contributed by atoms with E-state index >= 15 is 0 Å². The molecule has 1 aliphatic carbocycles. The minimum atomic E-state index is -0.495. The predicted octanol–water partition coefficient (Wildman–Crippen LogP) is 2.33. The van der Waals surface area contributed by atoms with Crippen LogP contribution in [0.2, 0.25) is 0 Å². The van der Waals surface area contributed by atoms with E-state index in [0.717, 1.165) is 37.9 Å². The van der Waals surface area contributed by atoms with Gasteiger partial charge < -0.3 is 14.6 Å². The Morgan fingerprint density at radius 3 is 2.65 bits per heavy atom. The topological polar surface area (TPSA) is 41.9 Å². The van der Waals surface area contributed by atoms with Gasteiger partial charge in [-0.1, -0.05) is 42.5 Å². The molecular weight excluding hydrogens is 290 g/mol. The van der Waals surface area contributed by atoms with Crippen molar-refractivity contribution in [2.45, 2.75) is 37.6 Å². The lowest BCUT2D eigenvalue weighted by molar-refractivity contribution is -0.208. The highest BCUT2D eigenvalue weighted by Crippen LogP contribution is 2.54. The number of benzene rings is 1. The zero-order valence-corrected chi connectivity index (χ0v) is 13.5. The number of fused-ring (bicyclic) bond motifs is 1. The standard InChI is InChI=1S/C19H25NO3/c1-15-11-20(12-16-5-3-2-4-6-16)17-7-8-19(22-9-10-23-19)13-18(15,17)14-21/h2-6,17,21H,1,7-14H2/t17-,18-/m0/s1. The summed E-state index contributed by atoms with van der Waals surface area (Å²) in [6, 6.07) is 10.8. The monoisotopic (exact) mass is 315 g/mol. The van der Waals surface area contributed by atoms with Gasteiger partial charge in [0.25, 0.3) is 0 Å². The molecule has 4 rings (SSSR count). The van der Waals surface area contributed by atoms with Gasteiger partial charge in [0.15, 0.2) is 5.79 Å². The number of rotatable bonds is 3. The van der Waals surface area contributed by atoms with Crippen molar-refractivity contribution in [3.8, 4) is 0 Å². The summed E-state index contributed by atoms with van der Waals surface area (Å²) in [6.07, 6.45) is 2.61. The molecule has 2 saturated heterocycles. The van der Waals surface area contributed by atoms with Crippen LogP contribution in [0.3, 0.4) is 0 Å². The van der Waals surface area contributed by atoms with Crippen molar-refractivity contribution < 1.29 is 14.6 Å². The van der Waals surface area contributed by atoms with E-state index in [1.54, 1.807) is 0 Å². The third kappa shape index (κ3) is 2.45. The van der Waals surface area contributed by atoms with Gasteiger partial charge in [-0.2, -0.15) is 0 Å². The summed E-state index contributed by atoms with van der Waals surface area (Å²) < 4.78 is 11.9. The molecule has 3 aliphatic rings. The third-order valence-electron chi connectivity index (χ3n) is 5.88. The molecule has 23 heavy (non-hydrogen) atoms. The average molecular weight is 315 g/mol. The molecule has 1 saturated carbocycles. The SMILES string of the molecule is C=C1CN(Cc2ccccc2)[C@H]2CCC3(C[C@]12CO)OCCO3. The lowest BCUT2D eigenvalue weighted by Gasteiger charge is -2.47. The highest BCUT2D eigenvalue weighted by molar-refractivity contribution is 5.27. The molecule has 1 spiro atoms. The second-order valence-corrected chi connectivity index (χ2v) is 7.15. The maximum atomic E-state index is 10.3. The minimum absolute atomic E-state index is 0.121. The van der Waals surface area contributed by atoms with Gasteiger partial charge in [-0.15, -0.1) is 0 Å². The highest BCUT2D eigenvalue weighted by Gasteiger charge is 2.58. The van der Waals surface area contributed by atoms with Crippen LogP contribution in [0.4, 0.5) is 0 Å². The molecular formula is C19H25NO3. The number of hydrogen-bond acceptors (Lipinski definition) is 4. The van der Waals surface area contributed by atoms with Crippen molar-refractivity contribution in [2.24, 2.45) is 5.41 Å². The number of hydrogen-bond donors (Lipinski definition) is 1. The van der Waals surface area contributed by atoms with Gasteiger partial charge in [-0.3, -0.25) is 4.90 Å². The summed E-state index contributed by atoms with van der Waals surface area (Å²) in [5.74, 6) is -0.495. The first-order valence-corrected chi connectivity index (χ1v) is 8.52. The molecule has 0 amide bonds. The van der Waals surface area contributed by atoms with Crippen molar-refractivity contribution in [1.82, 2.24) is 4.90 Å². The van der Waals surface area contributed by atoms with Gasteiger partial charge in [0.2, 0.25) is 0 Å². The molecule has 1 N–H and O–H groups in total. The summed E-state index contributed by atoms with van der Waals surface area (Å²) in [4.78, 5) is 2.47. The molecule has 2 heterocycles. The predicted molar refractivity (Wildman–Crippen MR) is 87.8 cm³/mol. The first kappa shape index (κ1) is 15.3. The molecule has 0 radical (unpaired) electrons. The van der Waals surface area contributed by atoms with Crippen LogP contribution >= 0.6 is 0 Å². The Morgan fingerprint density at radius 2 is 1.96 bits per heavy atom. The van der Waals surface area contributed by atoms with E-state index in [9.17, 15) is 5.11 Å². The third-order valence-corrected chi connectivity index (χ3v) is 5.88. The number of nitrogens with zero attached hydrogens (tertiary/aromatic N) is 1. The number of likely N-dealkylation sites (tertiary alicyclic amines) is 1. The van der Waals surface area contributed by atoms with Crippen LogP contribution < -0.4 is 0 Å². The maximum Gasteiger partial charge on any atom is 0.169 e. The molecule has 3 fully saturated rings. The lowest BCUT2D eigenvalue weighted by atomic mass is 9.66. The second kappa shape index (κ2) is 5.71. The zero-order chi connectivity index (χ0) is 15.9. The Balaban J connectivity index is 1.59. The Morgan fingerprint density at radius 1 is 1.22 bits per heavy atom. The molecule has 2 atom stereocenters. The Bertz CT molecular complexity index is 582. The largest absolute Gasteiger partial charge is 0.395 e. The Labute approximate surface area is 137 Å². The maximum absolute atomic E-state index is 10.3. The van der Waals surface area contributed by atoms with E-state index < -0.39 is 5.79 Å². The Kier molecular flexibility index (Phi) is 3.81. The van der Waals surface area contributed by atoms with Crippen LogP contribution in [-0.2, 0) is 16.0 Å². The van der Waals surface area contributed by atoms with Crippen molar-refractivity contribution in [3.05, 3.63) is 48.0 Å². The lowest BCUT2D eigenvalue weighted by Crippen LogP contribution is -2.53. The van der Waals surface area contributed by atoms with Gasteiger partial charge in [0.05, 0.1) is 19.8 Å². The smallest absolute Gasteiger partial charge is 0.169 e. The molecule has 4 nitrogen and oxygen atoms in total. The van der Waals surface area contributed by atoms with Gasteiger partial charge >= 0.3 is 0 Å². The normalized spacial score (nSPS) is 33.3. The Hall–Kier alpha value is -1.20. The second-order valence-electron chi connectivity index (χ2n) is 7.15. The fourth-order valence-electron chi connectivity index (χ4n) is 4.73. The number of aliphatic hydroxyl groups is 1. The molecule has 124 valence electrons. The first-order valence-electron chi connectivity index (χ1n) is 8.52. The molecule has 0 aromatic heterocycles. The van der Waals surface area contributed by atoms with E-state index in [0.29, 0.717) is 19.3 Å². The minimum Gasteiger partial charge on any atom is -0.395 e. The van der Waals surface area contributed by atoms with Gasteiger partial charge in [0, 0.05) is 37.4 Å². The van der Waals surface area contributed by atoms with Crippen LogP contribution in [0.1, 0.15) is 24.8 Å². The average Bonchev–Trinajstić information content (AvgIpc) is 3.12. The van der Waals surface area contributed by atoms with E-state index in [-0.39, 0.29) is 12.0 Å². The molecule has 0 bridgehead atoms.